The van der Waals surface area contributed by atoms with Gasteiger partial charge in [0.15, 0.2) is 9.84 Å². The van der Waals surface area contributed by atoms with Crippen molar-refractivity contribution in [2.45, 2.75) is 18.7 Å². The van der Waals surface area contributed by atoms with Crippen LogP contribution in [0.2, 0.25) is 0 Å². The van der Waals surface area contributed by atoms with Crippen LogP contribution in [0.25, 0.3) is 5.70 Å². The van der Waals surface area contributed by atoms with Gasteiger partial charge in [-0.25, -0.2) is 12.8 Å². The van der Waals surface area contributed by atoms with Crippen molar-refractivity contribution in [1.82, 2.24) is 10.9 Å². The number of fused-ring (bicyclic) bond motifs is 1. The van der Waals surface area contributed by atoms with Gasteiger partial charge < -0.3 is 4.42 Å². The molecule has 8 heteroatoms. The zero-order valence-electron chi connectivity index (χ0n) is 13.0. The Morgan fingerprint density at radius 2 is 2.00 bits per heavy atom. The predicted molar refractivity (Wildman–Crippen MR) is 85.2 cm³/mol. The molecule has 2 heterocycles. The molecule has 2 aromatic rings. The molecule has 0 spiro atoms. The molecule has 3 rings (SSSR count). The summed E-state index contributed by atoms with van der Waals surface area (Å²) in [6.07, 6.45) is 1.39. The van der Waals surface area contributed by atoms with Crippen LogP contribution in [0.15, 0.2) is 39.7 Å². The zero-order chi connectivity index (χ0) is 17.5. The largest absolute Gasteiger partial charge is 0.466 e. The second-order valence-electron chi connectivity index (χ2n) is 5.45. The molecule has 1 aliphatic rings. The number of amides is 1. The number of nitrogens with one attached hydrogen (secondary N) is 2. The van der Waals surface area contributed by atoms with Crippen LogP contribution in [0.1, 0.15) is 27.4 Å². The molecule has 1 aromatic heterocycles. The smallest absolute Gasteiger partial charge is 0.273 e. The highest BCUT2D eigenvalue weighted by molar-refractivity contribution is 7.91. The lowest BCUT2D eigenvalue weighted by Crippen LogP contribution is -2.37. The maximum absolute atomic E-state index is 13.5. The van der Waals surface area contributed by atoms with Gasteiger partial charge in [0.05, 0.1) is 21.9 Å². The Bertz CT molecular complexity index is 960. The highest BCUT2D eigenvalue weighted by Crippen LogP contribution is 2.28. The average molecular weight is 350 g/mol. The van der Waals surface area contributed by atoms with Crippen molar-refractivity contribution >= 4 is 21.4 Å². The van der Waals surface area contributed by atoms with E-state index in [2.05, 4.69) is 10.9 Å². The van der Waals surface area contributed by atoms with Gasteiger partial charge in [-0.2, -0.15) is 0 Å². The molecule has 0 radical (unpaired) electrons. The van der Waals surface area contributed by atoms with E-state index >= 15 is 0 Å². The van der Waals surface area contributed by atoms with E-state index in [1.54, 1.807) is 19.9 Å². The van der Waals surface area contributed by atoms with Crippen LogP contribution >= 0.6 is 0 Å². The first-order valence-corrected chi connectivity index (χ1v) is 8.79. The van der Waals surface area contributed by atoms with Crippen LogP contribution in [0.5, 0.6) is 0 Å². The van der Waals surface area contributed by atoms with Gasteiger partial charge in [0.25, 0.3) is 5.91 Å². The molecule has 1 aromatic carbocycles. The number of hydrogen-bond donors (Lipinski definition) is 2. The number of aryl methyl sites for hydroxylation is 2. The quantitative estimate of drug-likeness (QED) is 0.654. The van der Waals surface area contributed by atoms with Gasteiger partial charge in [0, 0.05) is 5.56 Å². The number of rotatable bonds is 3. The normalized spacial score (nSPS) is 15.4. The zero-order valence-corrected chi connectivity index (χ0v) is 13.8. The first-order chi connectivity index (χ1) is 11.3. The number of furan rings is 1. The molecular formula is C16H15FN2O4S. The number of hydrogen-bond acceptors (Lipinski definition) is 5. The molecule has 0 saturated carbocycles. The van der Waals surface area contributed by atoms with E-state index in [4.69, 9.17) is 4.42 Å². The Hall–Kier alpha value is -2.61. The second kappa shape index (κ2) is 5.79. The van der Waals surface area contributed by atoms with Gasteiger partial charge in [-0.1, -0.05) is 0 Å². The second-order valence-corrected chi connectivity index (χ2v) is 7.45. The van der Waals surface area contributed by atoms with Crippen LogP contribution in [0, 0.1) is 19.7 Å². The molecule has 126 valence electrons. The summed E-state index contributed by atoms with van der Waals surface area (Å²) >= 11 is 0. The number of sulfone groups is 1. The van der Waals surface area contributed by atoms with E-state index in [0.717, 1.165) is 12.1 Å². The van der Waals surface area contributed by atoms with Gasteiger partial charge in [0.2, 0.25) is 0 Å². The maximum atomic E-state index is 13.5. The highest BCUT2D eigenvalue weighted by Gasteiger charge is 2.25. The SMILES string of the molecule is Cc1cc(C(=O)NNC2=CCS(=O)(=O)c3ccc(F)cc32)c(C)o1. The van der Waals surface area contributed by atoms with E-state index in [1.165, 1.54) is 12.1 Å². The lowest BCUT2D eigenvalue weighted by molar-refractivity contribution is 0.0941. The first kappa shape index (κ1) is 16.3. The van der Waals surface area contributed by atoms with Crippen molar-refractivity contribution in [2.24, 2.45) is 0 Å². The third-order valence-electron chi connectivity index (χ3n) is 3.67. The molecule has 0 fully saturated rings. The Morgan fingerprint density at radius 1 is 1.25 bits per heavy atom. The van der Waals surface area contributed by atoms with Crippen molar-refractivity contribution < 1.29 is 22.0 Å². The van der Waals surface area contributed by atoms with Crippen LogP contribution in [0.3, 0.4) is 0 Å². The number of halogens is 1. The van der Waals surface area contributed by atoms with E-state index in [0.29, 0.717) is 22.8 Å². The third kappa shape index (κ3) is 2.92. The third-order valence-corrected chi connectivity index (χ3v) is 5.30. The molecule has 0 bridgehead atoms. The highest BCUT2D eigenvalue weighted by atomic mass is 32.2. The van der Waals surface area contributed by atoms with Crippen molar-refractivity contribution in [2.75, 3.05) is 5.75 Å². The summed E-state index contributed by atoms with van der Waals surface area (Å²) in [6.45, 7) is 3.39. The summed E-state index contributed by atoms with van der Waals surface area (Å²) in [6, 6.07) is 5.03. The standard InChI is InChI=1S/C16H15FN2O4S/c1-9-7-12(10(2)23-9)16(20)19-18-14-5-6-24(21,22)15-4-3-11(17)8-13(14)15/h3-5,7-8,18H,6H2,1-2H3,(H,19,20). The predicted octanol–water partition coefficient (Wildman–Crippen LogP) is 2.10. The summed E-state index contributed by atoms with van der Waals surface area (Å²) in [5.74, 6) is -0.150. The molecule has 1 aliphatic heterocycles. The van der Waals surface area contributed by atoms with Crippen LogP contribution in [-0.2, 0) is 9.84 Å². The monoisotopic (exact) mass is 350 g/mol. The first-order valence-electron chi connectivity index (χ1n) is 7.14. The number of benzene rings is 1. The van der Waals surface area contributed by atoms with Crippen LogP contribution in [-0.4, -0.2) is 20.1 Å². The fourth-order valence-corrected chi connectivity index (χ4v) is 3.89. The van der Waals surface area contributed by atoms with Gasteiger partial charge in [-0.15, -0.1) is 0 Å². The van der Waals surface area contributed by atoms with E-state index < -0.39 is 21.6 Å². The molecule has 24 heavy (non-hydrogen) atoms. The van der Waals surface area contributed by atoms with E-state index in [-0.39, 0.29) is 16.2 Å². The minimum Gasteiger partial charge on any atom is -0.466 e. The summed E-state index contributed by atoms with van der Waals surface area (Å²) in [5, 5.41) is 0. The lowest BCUT2D eigenvalue weighted by Gasteiger charge is -2.19. The summed E-state index contributed by atoms with van der Waals surface area (Å²) in [4.78, 5) is 12.2. The van der Waals surface area contributed by atoms with E-state index in [1.807, 2.05) is 0 Å². The Morgan fingerprint density at radius 3 is 2.67 bits per heavy atom. The van der Waals surface area contributed by atoms with Gasteiger partial charge in [-0.3, -0.25) is 15.6 Å². The fraction of sp³-hybridized carbons (Fsp3) is 0.188. The summed E-state index contributed by atoms with van der Waals surface area (Å²) < 4.78 is 42.9. The van der Waals surface area contributed by atoms with Gasteiger partial charge in [-0.05, 0) is 44.2 Å². The molecule has 0 unspecified atom stereocenters. The Labute approximate surface area is 138 Å². The molecule has 0 aliphatic carbocycles. The van der Waals surface area contributed by atoms with Crippen molar-refractivity contribution in [1.29, 1.82) is 0 Å². The molecular weight excluding hydrogens is 335 g/mol. The minimum absolute atomic E-state index is 0.0264. The van der Waals surface area contributed by atoms with Crippen molar-refractivity contribution in [3.63, 3.8) is 0 Å². The summed E-state index contributed by atoms with van der Waals surface area (Å²) in [5.41, 5.74) is 6.01. The van der Waals surface area contributed by atoms with Crippen molar-refractivity contribution in [3.05, 3.63) is 58.8 Å². The molecule has 1 amide bonds. The number of carbonyl (C=O) groups is 1. The molecule has 2 N–H and O–H groups in total. The van der Waals surface area contributed by atoms with Gasteiger partial charge in [0.1, 0.15) is 17.3 Å². The van der Waals surface area contributed by atoms with E-state index in [9.17, 15) is 17.6 Å². The maximum Gasteiger partial charge on any atom is 0.273 e. The molecule has 0 saturated heterocycles. The van der Waals surface area contributed by atoms with Crippen LogP contribution in [0.4, 0.5) is 4.39 Å². The Kier molecular flexibility index (Phi) is 3.92. The Balaban J connectivity index is 1.84. The molecule has 0 atom stereocenters. The topological polar surface area (TPSA) is 88.4 Å². The number of hydrazine groups is 1. The minimum atomic E-state index is -3.50. The molecule has 6 nitrogen and oxygen atoms in total. The lowest BCUT2D eigenvalue weighted by atomic mass is 10.1. The average Bonchev–Trinajstić information content (AvgIpc) is 2.84. The number of carbonyl (C=O) groups excluding carboxylic acids is 1. The fourth-order valence-electron chi connectivity index (χ4n) is 2.54. The summed E-state index contributed by atoms with van der Waals surface area (Å²) in [7, 11) is -3.50. The van der Waals surface area contributed by atoms with Crippen molar-refractivity contribution in [3.8, 4) is 0 Å². The van der Waals surface area contributed by atoms with Crippen LogP contribution < -0.4 is 10.9 Å². The van der Waals surface area contributed by atoms with Gasteiger partial charge >= 0.3 is 0 Å².